The minimum Gasteiger partial charge on any atom is -0.493 e. The van der Waals surface area contributed by atoms with Crippen molar-refractivity contribution in [3.63, 3.8) is 0 Å². The molecule has 1 amide bonds. The average molecular weight is 292 g/mol. The summed E-state index contributed by atoms with van der Waals surface area (Å²) in [7, 11) is 3.14. The number of ether oxygens (including phenoxy) is 2. The second kappa shape index (κ2) is 7.88. The van der Waals surface area contributed by atoms with Crippen molar-refractivity contribution in [2.75, 3.05) is 27.3 Å². The minimum absolute atomic E-state index is 0.0771. The van der Waals surface area contributed by atoms with E-state index in [1.807, 2.05) is 0 Å². The lowest BCUT2D eigenvalue weighted by atomic mass is 10.0. The van der Waals surface area contributed by atoms with E-state index in [0.717, 1.165) is 13.0 Å². The number of methoxy groups -OCH3 is 2. The quantitative estimate of drug-likeness (QED) is 0.841. The molecule has 1 heterocycles. The van der Waals surface area contributed by atoms with Crippen LogP contribution in [-0.4, -0.2) is 39.3 Å². The van der Waals surface area contributed by atoms with Gasteiger partial charge in [0.1, 0.15) is 0 Å². The zero-order chi connectivity index (χ0) is 15.1. The Morgan fingerprint density at radius 3 is 2.76 bits per heavy atom. The summed E-state index contributed by atoms with van der Waals surface area (Å²) in [6.07, 6.45) is 4.71. The molecule has 2 N–H and O–H groups in total. The van der Waals surface area contributed by atoms with Gasteiger partial charge in [0, 0.05) is 18.2 Å². The summed E-state index contributed by atoms with van der Waals surface area (Å²) in [5.74, 6) is 1.12. The molecular weight excluding hydrogens is 268 g/mol. The lowest BCUT2D eigenvalue weighted by molar-refractivity contribution is 0.0951. The molecule has 1 aliphatic rings. The first kappa shape index (κ1) is 15.6. The highest BCUT2D eigenvalue weighted by Crippen LogP contribution is 2.27. The van der Waals surface area contributed by atoms with Gasteiger partial charge >= 0.3 is 0 Å². The van der Waals surface area contributed by atoms with Gasteiger partial charge in [-0.05, 0) is 44.0 Å². The summed E-state index contributed by atoms with van der Waals surface area (Å²) in [6.45, 7) is 1.78. The summed E-state index contributed by atoms with van der Waals surface area (Å²) in [4.78, 5) is 12.1. The Bertz CT molecular complexity index is 471. The second-order valence-electron chi connectivity index (χ2n) is 5.26. The minimum atomic E-state index is -0.0771. The summed E-state index contributed by atoms with van der Waals surface area (Å²) in [6, 6.07) is 5.73. The van der Waals surface area contributed by atoms with Crippen LogP contribution in [0, 0.1) is 0 Å². The fraction of sp³-hybridized carbons (Fsp3) is 0.562. The van der Waals surface area contributed by atoms with E-state index in [1.54, 1.807) is 32.4 Å². The molecule has 1 aromatic rings. The molecule has 116 valence electrons. The largest absolute Gasteiger partial charge is 0.493 e. The zero-order valence-electron chi connectivity index (χ0n) is 12.8. The van der Waals surface area contributed by atoms with Gasteiger partial charge < -0.3 is 20.1 Å². The van der Waals surface area contributed by atoms with Gasteiger partial charge in [0.05, 0.1) is 14.2 Å². The number of hydrogen-bond acceptors (Lipinski definition) is 4. The first-order chi connectivity index (χ1) is 10.2. The molecule has 0 spiro atoms. The molecule has 21 heavy (non-hydrogen) atoms. The molecule has 0 bridgehead atoms. The Hall–Kier alpha value is -1.75. The van der Waals surface area contributed by atoms with Crippen molar-refractivity contribution >= 4 is 5.91 Å². The van der Waals surface area contributed by atoms with Crippen molar-refractivity contribution in [3.8, 4) is 11.5 Å². The Kier molecular flexibility index (Phi) is 5.87. The van der Waals surface area contributed by atoms with E-state index in [4.69, 9.17) is 9.47 Å². The van der Waals surface area contributed by atoms with Crippen molar-refractivity contribution in [1.29, 1.82) is 0 Å². The number of nitrogens with one attached hydrogen (secondary N) is 2. The molecule has 1 atom stereocenters. The molecule has 0 radical (unpaired) electrons. The molecule has 1 aliphatic heterocycles. The lowest BCUT2D eigenvalue weighted by Gasteiger charge is -2.23. The van der Waals surface area contributed by atoms with E-state index in [2.05, 4.69) is 10.6 Å². The summed E-state index contributed by atoms with van der Waals surface area (Å²) in [5.41, 5.74) is 0.587. The van der Waals surface area contributed by atoms with E-state index < -0.39 is 0 Å². The Morgan fingerprint density at radius 2 is 2.10 bits per heavy atom. The molecule has 5 nitrogen and oxygen atoms in total. The van der Waals surface area contributed by atoms with Gasteiger partial charge in [0.2, 0.25) is 0 Å². The maximum absolute atomic E-state index is 12.1. The van der Waals surface area contributed by atoms with Crippen LogP contribution in [0.1, 0.15) is 36.0 Å². The monoisotopic (exact) mass is 292 g/mol. The van der Waals surface area contributed by atoms with Crippen molar-refractivity contribution in [2.45, 2.75) is 31.7 Å². The van der Waals surface area contributed by atoms with Crippen LogP contribution in [0.4, 0.5) is 0 Å². The molecule has 1 fully saturated rings. The summed E-state index contributed by atoms with van der Waals surface area (Å²) in [5, 5.41) is 6.44. The SMILES string of the molecule is COc1ccc(C(=O)NCCC2CCCCN2)cc1OC. The highest BCUT2D eigenvalue weighted by atomic mass is 16.5. The standard InChI is InChI=1S/C16H24N2O3/c1-20-14-7-6-12(11-15(14)21-2)16(19)18-10-8-13-5-3-4-9-17-13/h6-7,11,13,17H,3-5,8-10H2,1-2H3,(H,18,19). The second-order valence-corrected chi connectivity index (χ2v) is 5.26. The number of benzene rings is 1. The molecule has 0 aromatic heterocycles. The summed E-state index contributed by atoms with van der Waals surface area (Å²) < 4.78 is 10.4. The Labute approximate surface area is 126 Å². The molecule has 5 heteroatoms. The topological polar surface area (TPSA) is 59.6 Å². The number of carbonyl (C=O) groups is 1. The van der Waals surface area contributed by atoms with E-state index >= 15 is 0 Å². The third kappa shape index (κ3) is 4.36. The van der Waals surface area contributed by atoms with Crippen LogP contribution in [0.15, 0.2) is 18.2 Å². The Balaban J connectivity index is 1.85. The molecule has 0 aliphatic carbocycles. The van der Waals surface area contributed by atoms with Crippen LogP contribution in [-0.2, 0) is 0 Å². The molecular formula is C16H24N2O3. The van der Waals surface area contributed by atoms with Gasteiger partial charge in [-0.15, -0.1) is 0 Å². The number of amides is 1. The maximum Gasteiger partial charge on any atom is 0.251 e. The normalized spacial score (nSPS) is 18.1. The van der Waals surface area contributed by atoms with Crippen molar-refractivity contribution in [1.82, 2.24) is 10.6 Å². The predicted octanol–water partition coefficient (Wildman–Crippen LogP) is 1.97. The maximum atomic E-state index is 12.1. The fourth-order valence-corrected chi connectivity index (χ4v) is 2.61. The third-order valence-electron chi connectivity index (χ3n) is 3.84. The third-order valence-corrected chi connectivity index (χ3v) is 3.84. The van der Waals surface area contributed by atoms with Crippen molar-refractivity contribution in [2.24, 2.45) is 0 Å². The zero-order valence-corrected chi connectivity index (χ0v) is 12.8. The van der Waals surface area contributed by atoms with Crippen LogP contribution in [0.5, 0.6) is 11.5 Å². The molecule has 0 saturated carbocycles. The van der Waals surface area contributed by atoms with Gasteiger partial charge in [-0.3, -0.25) is 4.79 Å². The molecule has 2 rings (SSSR count). The highest BCUT2D eigenvalue weighted by Gasteiger charge is 2.14. The lowest BCUT2D eigenvalue weighted by Crippen LogP contribution is -2.37. The van der Waals surface area contributed by atoms with Crippen LogP contribution >= 0.6 is 0 Å². The number of carbonyl (C=O) groups excluding carboxylic acids is 1. The van der Waals surface area contributed by atoms with Gasteiger partial charge in [0.15, 0.2) is 11.5 Å². The smallest absolute Gasteiger partial charge is 0.251 e. The van der Waals surface area contributed by atoms with E-state index in [0.29, 0.717) is 29.6 Å². The molecule has 1 aromatic carbocycles. The van der Waals surface area contributed by atoms with Crippen molar-refractivity contribution in [3.05, 3.63) is 23.8 Å². The van der Waals surface area contributed by atoms with Gasteiger partial charge in [-0.2, -0.15) is 0 Å². The van der Waals surface area contributed by atoms with Gasteiger partial charge in [-0.25, -0.2) is 0 Å². The average Bonchev–Trinajstić information content (AvgIpc) is 2.55. The van der Waals surface area contributed by atoms with E-state index in [-0.39, 0.29) is 5.91 Å². The molecule has 1 unspecified atom stereocenters. The van der Waals surface area contributed by atoms with E-state index in [9.17, 15) is 4.79 Å². The first-order valence-corrected chi connectivity index (χ1v) is 7.48. The molecule has 1 saturated heterocycles. The Morgan fingerprint density at radius 1 is 1.29 bits per heavy atom. The number of hydrogen-bond donors (Lipinski definition) is 2. The van der Waals surface area contributed by atoms with Crippen LogP contribution in [0.25, 0.3) is 0 Å². The van der Waals surface area contributed by atoms with Crippen LogP contribution in [0.3, 0.4) is 0 Å². The fourth-order valence-electron chi connectivity index (χ4n) is 2.61. The van der Waals surface area contributed by atoms with E-state index in [1.165, 1.54) is 19.3 Å². The van der Waals surface area contributed by atoms with Crippen LogP contribution < -0.4 is 20.1 Å². The first-order valence-electron chi connectivity index (χ1n) is 7.48. The van der Waals surface area contributed by atoms with Crippen molar-refractivity contribution < 1.29 is 14.3 Å². The predicted molar refractivity (Wildman–Crippen MR) is 82.1 cm³/mol. The van der Waals surface area contributed by atoms with Gasteiger partial charge in [0.25, 0.3) is 5.91 Å². The van der Waals surface area contributed by atoms with Crippen LogP contribution in [0.2, 0.25) is 0 Å². The highest BCUT2D eigenvalue weighted by molar-refractivity contribution is 5.94. The number of piperidine rings is 1. The summed E-state index contributed by atoms with van der Waals surface area (Å²) >= 11 is 0. The van der Waals surface area contributed by atoms with Gasteiger partial charge in [-0.1, -0.05) is 6.42 Å². The number of rotatable bonds is 6.